The third kappa shape index (κ3) is 3.40. The van der Waals surface area contributed by atoms with Crippen molar-refractivity contribution < 1.29 is 14.3 Å². The molecule has 2 rings (SSSR count). The van der Waals surface area contributed by atoms with Gasteiger partial charge in [-0.2, -0.15) is 0 Å². The Balaban J connectivity index is 1.96. The zero-order valence-electron chi connectivity index (χ0n) is 10.1. The van der Waals surface area contributed by atoms with Gasteiger partial charge >= 0.3 is 0 Å². The smallest absolute Gasteiger partial charge is 0.246 e. The molecule has 0 aliphatic carbocycles. The van der Waals surface area contributed by atoms with Gasteiger partial charge in [-0.3, -0.25) is 4.79 Å². The summed E-state index contributed by atoms with van der Waals surface area (Å²) in [5.41, 5.74) is 0.780. The lowest BCUT2D eigenvalue weighted by molar-refractivity contribution is -0.128. The number of hydrogen-bond donors (Lipinski definition) is 1. The van der Waals surface area contributed by atoms with E-state index < -0.39 is 6.10 Å². The lowest BCUT2D eigenvalue weighted by Gasteiger charge is -2.29. The fourth-order valence-corrected chi connectivity index (χ4v) is 2.00. The summed E-state index contributed by atoms with van der Waals surface area (Å²) in [6.07, 6.45) is 4.29. The number of piperidine rings is 1. The molecule has 1 atom stereocenters. The van der Waals surface area contributed by atoms with Gasteiger partial charge in [0.25, 0.3) is 0 Å². The van der Waals surface area contributed by atoms with E-state index in [0.717, 1.165) is 18.4 Å². The molecule has 0 bridgehead atoms. The fraction of sp³-hybridized carbons (Fsp3) is 0.357. The van der Waals surface area contributed by atoms with E-state index in [1.807, 2.05) is 0 Å². The number of likely N-dealkylation sites (tertiary alicyclic amines) is 1. The predicted octanol–water partition coefficient (Wildman–Crippen LogP) is 1.82. The van der Waals surface area contributed by atoms with E-state index >= 15 is 0 Å². The SMILES string of the molecule is O=C(/C=C/c1ccc(F)cc1)N1CCCC(O)C1. The third-order valence-electron chi connectivity index (χ3n) is 3.00. The number of nitrogens with zero attached hydrogens (tertiary/aromatic N) is 1. The molecule has 1 fully saturated rings. The molecule has 4 heteroatoms. The zero-order chi connectivity index (χ0) is 13.0. The number of aliphatic hydroxyl groups is 1. The molecule has 1 aromatic rings. The Morgan fingerprint density at radius 3 is 2.78 bits per heavy atom. The predicted molar refractivity (Wildman–Crippen MR) is 67.3 cm³/mol. The van der Waals surface area contributed by atoms with Gasteiger partial charge in [0.2, 0.25) is 5.91 Å². The lowest BCUT2D eigenvalue weighted by Crippen LogP contribution is -2.41. The quantitative estimate of drug-likeness (QED) is 0.812. The average molecular weight is 249 g/mol. The Kier molecular flexibility index (Phi) is 4.10. The van der Waals surface area contributed by atoms with Crippen molar-refractivity contribution in [1.29, 1.82) is 0 Å². The first-order valence-electron chi connectivity index (χ1n) is 6.06. The second-order valence-corrected chi connectivity index (χ2v) is 4.47. The van der Waals surface area contributed by atoms with Crippen molar-refractivity contribution in [1.82, 2.24) is 4.90 Å². The van der Waals surface area contributed by atoms with Crippen LogP contribution in [0.1, 0.15) is 18.4 Å². The van der Waals surface area contributed by atoms with Crippen LogP contribution in [0.25, 0.3) is 6.08 Å². The topological polar surface area (TPSA) is 40.5 Å². The minimum Gasteiger partial charge on any atom is -0.391 e. The first kappa shape index (κ1) is 12.8. The van der Waals surface area contributed by atoms with Crippen molar-refractivity contribution >= 4 is 12.0 Å². The van der Waals surface area contributed by atoms with Crippen LogP contribution < -0.4 is 0 Å². The van der Waals surface area contributed by atoms with Crippen molar-refractivity contribution in [3.8, 4) is 0 Å². The van der Waals surface area contributed by atoms with Crippen molar-refractivity contribution in [2.24, 2.45) is 0 Å². The van der Waals surface area contributed by atoms with E-state index in [4.69, 9.17) is 0 Å². The fourth-order valence-electron chi connectivity index (χ4n) is 2.00. The highest BCUT2D eigenvalue weighted by Gasteiger charge is 2.20. The number of benzene rings is 1. The minimum atomic E-state index is -0.415. The first-order chi connectivity index (χ1) is 8.65. The van der Waals surface area contributed by atoms with Gasteiger partial charge in [-0.05, 0) is 36.6 Å². The Morgan fingerprint density at radius 1 is 1.39 bits per heavy atom. The maximum Gasteiger partial charge on any atom is 0.246 e. The van der Waals surface area contributed by atoms with Crippen molar-refractivity contribution in [3.05, 3.63) is 41.7 Å². The summed E-state index contributed by atoms with van der Waals surface area (Å²) in [6.45, 7) is 1.08. The number of carbonyl (C=O) groups is 1. The molecule has 1 N–H and O–H groups in total. The van der Waals surface area contributed by atoms with E-state index in [-0.39, 0.29) is 11.7 Å². The molecule has 1 aliphatic heterocycles. The molecule has 3 nitrogen and oxygen atoms in total. The van der Waals surface area contributed by atoms with Crippen LogP contribution >= 0.6 is 0 Å². The minimum absolute atomic E-state index is 0.113. The van der Waals surface area contributed by atoms with Crippen LogP contribution in [-0.2, 0) is 4.79 Å². The maximum absolute atomic E-state index is 12.7. The molecule has 1 saturated heterocycles. The number of β-amino-alcohol motifs (C(OH)–C–C–N with tert-alkyl or cyclic N) is 1. The third-order valence-corrected chi connectivity index (χ3v) is 3.00. The van der Waals surface area contributed by atoms with Crippen LogP contribution in [0, 0.1) is 5.82 Å². The normalized spacial score (nSPS) is 20.3. The second kappa shape index (κ2) is 5.78. The van der Waals surface area contributed by atoms with Gasteiger partial charge in [0, 0.05) is 19.2 Å². The number of aliphatic hydroxyl groups excluding tert-OH is 1. The largest absolute Gasteiger partial charge is 0.391 e. The van der Waals surface area contributed by atoms with Gasteiger partial charge in [0.15, 0.2) is 0 Å². The van der Waals surface area contributed by atoms with E-state index in [0.29, 0.717) is 13.1 Å². The van der Waals surface area contributed by atoms with Gasteiger partial charge in [0.1, 0.15) is 5.82 Å². The van der Waals surface area contributed by atoms with Gasteiger partial charge < -0.3 is 10.0 Å². The number of halogens is 1. The molecule has 0 saturated carbocycles. The number of amides is 1. The highest BCUT2D eigenvalue weighted by atomic mass is 19.1. The van der Waals surface area contributed by atoms with E-state index in [1.165, 1.54) is 18.2 Å². The summed E-state index contributed by atoms with van der Waals surface area (Å²) >= 11 is 0. The summed E-state index contributed by atoms with van der Waals surface area (Å²) < 4.78 is 12.7. The molecule has 96 valence electrons. The molecule has 0 spiro atoms. The Labute approximate surface area is 106 Å². The standard InChI is InChI=1S/C14H16FNO2/c15-12-6-3-11(4-7-12)5-8-14(18)16-9-1-2-13(17)10-16/h3-8,13,17H,1-2,9-10H2/b8-5+. The molecule has 1 aliphatic rings. The van der Waals surface area contributed by atoms with Gasteiger partial charge in [-0.25, -0.2) is 4.39 Å². The first-order valence-corrected chi connectivity index (χ1v) is 6.06. The molecule has 18 heavy (non-hydrogen) atoms. The molecule has 1 amide bonds. The number of carbonyl (C=O) groups excluding carboxylic acids is 1. The van der Waals surface area contributed by atoms with Crippen LogP contribution in [0.4, 0.5) is 4.39 Å². The molecule has 0 radical (unpaired) electrons. The Hall–Kier alpha value is -1.68. The van der Waals surface area contributed by atoms with Crippen LogP contribution in [-0.4, -0.2) is 35.1 Å². The van der Waals surface area contributed by atoms with E-state index in [2.05, 4.69) is 0 Å². The Bertz CT molecular complexity index is 442. The Morgan fingerprint density at radius 2 is 2.11 bits per heavy atom. The van der Waals surface area contributed by atoms with Crippen molar-refractivity contribution in [2.45, 2.75) is 18.9 Å². The van der Waals surface area contributed by atoms with Crippen molar-refractivity contribution in [2.75, 3.05) is 13.1 Å². The van der Waals surface area contributed by atoms with Gasteiger partial charge in [-0.15, -0.1) is 0 Å². The van der Waals surface area contributed by atoms with Gasteiger partial charge in [-0.1, -0.05) is 12.1 Å². The monoisotopic (exact) mass is 249 g/mol. The number of rotatable bonds is 2. The highest BCUT2D eigenvalue weighted by molar-refractivity contribution is 5.91. The molecule has 1 heterocycles. The summed E-state index contributed by atoms with van der Waals surface area (Å²) in [6, 6.07) is 5.94. The highest BCUT2D eigenvalue weighted by Crippen LogP contribution is 2.11. The molecule has 1 unspecified atom stereocenters. The lowest BCUT2D eigenvalue weighted by atomic mass is 10.1. The zero-order valence-corrected chi connectivity index (χ0v) is 10.1. The summed E-state index contributed by atoms with van der Waals surface area (Å²) in [4.78, 5) is 13.5. The van der Waals surface area contributed by atoms with E-state index in [1.54, 1.807) is 23.1 Å². The van der Waals surface area contributed by atoms with Gasteiger partial charge in [0.05, 0.1) is 6.10 Å². The molecular weight excluding hydrogens is 233 g/mol. The van der Waals surface area contributed by atoms with Crippen LogP contribution in [0.3, 0.4) is 0 Å². The van der Waals surface area contributed by atoms with Crippen LogP contribution in [0.5, 0.6) is 0 Å². The second-order valence-electron chi connectivity index (χ2n) is 4.47. The summed E-state index contributed by atoms with van der Waals surface area (Å²) in [7, 11) is 0. The summed E-state index contributed by atoms with van der Waals surface area (Å²) in [5, 5.41) is 9.48. The molecule has 1 aromatic carbocycles. The molecule has 0 aromatic heterocycles. The number of hydrogen-bond acceptors (Lipinski definition) is 2. The summed E-state index contributed by atoms with van der Waals surface area (Å²) in [5.74, 6) is -0.407. The van der Waals surface area contributed by atoms with E-state index in [9.17, 15) is 14.3 Å². The van der Waals surface area contributed by atoms with Crippen LogP contribution in [0.2, 0.25) is 0 Å². The average Bonchev–Trinajstić information content (AvgIpc) is 2.38. The maximum atomic E-state index is 12.7. The molecular formula is C14H16FNO2. The van der Waals surface area contributed by atoms with Crippen LogP contribution in [0.15, 0.2) is 30.3 Å². The van der Waals surface area contributed by atoms with Crippen molar-refractivity contribution in [3.63, 3.8) is 0 Å².